The molecule has 1 heterocycles. The highest BCUT2D eigenvalue weighted by molar-refractivity contribution is 6.38. The largest absolute Gasteiger partial charge is 0.368 e. The molecule has 33 heavy (non-hydrogen) atoms. The van der Waals surface area contributed by atoms with Crippen LogP contribution >= 0.6 is 11.6 Å². The van der Waals surface area contributed by atoms with Crippen LogP contribution in [0, 0.1) is 0 Å². The van der Waals surface area contributed by atoms with E-state index in [1.54, 1.807) is 36.4 Å². The van der Waals surface area contributed by atoms with Crippen molar-refractivity contribution >= 4 is 57.7 Å². The molecule has 3 amide bonds. The molecule has 4 N–H and O–H groups in total. The first-order chi connectivity index (χ1) is 15.8. The lowest BCUT2D eigenvalue weighted by molar-refractivity contribution is -0.121. The standard InChI is InChI=1S/C25H21ClN4O3/c1-15(31)30(14-22(27)32)19-10-8-18(9-11-19)28-24(16-5-3-2-4-6-16)23-20-12-7-17(26)13-21(20)29-25(23)33/h2-13,28H,14H2,1H3,(H2,27,32)(H,29,33). The number of primary amides is 1. The fraction of sp³-hybridized carbons (Fsp3) is 0.0800. The number of rotatable bonds is 6. The molecule has 0 saturated carbocycles. The van der Waals surface area contributed by atoms with Gasteiger partial charge in [-0.3, -0.25) is 14.4 Å². The third-order valence-electron chi connectivity index (χ3n) is 5.18. The average Bonchev–Trinajstić information content (AvgIpc) is 3.11. The summed E-state index contributed by atoms with van der Waals surface area (Å²) in [4.78, 5) is 37.5. The Labute approximate surface area is 195 Å². The second-order valence-corrected chi connectivity index (χ2v) is 7.94. The van der Waals surface area contributed by atoms with Crippen molar-refractivity contribution in [3.8, 4) is 0 Å². The SMILES string of the molecule is CC(=O)N(CC(N)=O)c1ccc(NC(=C2C(=O)Nc3cc(Cl)ccc32)c2ccccc2)cc1. The van der Waals surface area contributed by atoms with Crippen molar-refractivity contribution in [2.24, 2.45) is 5.73 Å². The quantitative estimate of drug-likeness (QED) is 0.481. The van der Waals surface area contributed by atoms with Crippen LogP contribution in [0.5, 0.6) is 0 Å². The number of amides is 3. The summed E-state index contributed by atoms with van der Waals surface area (Å²) in [5.41, 5.74) is 9.85. The van der Waals surface area contributed by atoms with Crippen molar-refractivity contribution in [3.63, 3.8) is 0 Å². The summed E-state index contributed by atoms with van der Waals surface area (Å²) in [7, 11) is 0. The molecule has 0 bridgehead atoms. The molecular weight excluding hydrogens is 440 g/mol. The van der Waals surface area contributed by atoms with Crippen LogP contribution in [0.1, 0.15) is 18.1 Å². The van der Waals surface area contributed by atoms with Gasteiger partial charge in [-0.15, -0.1) is 0 Å². The van der Waals surface area contributed by atoms with Gasteiger partial charge in [0.25, 0.3) is 5.91 Å². The Bertz CT molecular complexity index is 1270. The molecule has 0 fully saturated rings. The number of hydrogen-bond donors (Lipinski definition) is 3. The van der Waals surface area contributed by atoms with Crippen molar-refractivity contribution < 1.29 is 14.4 Å². The third-order valence-corrected chi connectivity index (χ3v) is 5.42. The highest BCUT2D eigenvalue weighted by Crippen LogP contribution is 2.38. The van der Waals surface area contributed by atoms with Crippen molar-refractivity contribution in [2.45, 2.75) is 6.92 Å². The first-order valence-electron chi connectivity index (χ1n) is 10.2. The minimum Gasteiger partial charge on any atom is -0.368 e. The van der Waals surface area contributed by atoms with Gasteiger partial charge in [0, 0.05) is 28.9 Å². The van der Waals surface area contributed by atoms with E-state index >= 15 is 0 Å². The molecular formula is C25H21ClN4O3. The van der Waals surface area contributed by atoms with Crippen molar-refractivity contribution in [1.82, 2.24) is 0 Å². The van der Waals surface area contributed by atoms with E-state index in [4.69, 9.17) is 17.3 Å². The molecule has 0 unspecified atom stereocenters. The second-order valence-electron chi connectivity index (χ2n) is 7.50. The van der Waals surface area contributed by atoms with E-state index in [0.29, 0.717) is 33.4 Å². The van der Waals surface area contributed by atoms with Crippen LogP contribution in [0.2, 0.25) is 5.02 Å². The molecule has 3 aromatic rings. The number of nitrogens with zero attached hydrogens (tertiary/aromatic N) is 1. The molecule has 8 heteroatoms. The molecule has 0 aliphatic carbocycles. The Morgan fingerprint density at radius 2 is 1.73 bits per heavy atom. The van der Waals surface area contributed by atoms with Gasteiger partial charge in [-0.2, -0.15) is 0 Å². The van der Waals surface area contributed by atoms with E-state index in [0.717, 1.165) is 11.1 Å². The van der Waals surface area contributed by atoms with E-state index in [2.05, 4.69) is 10.6 Å². The van der Waals surface area contributed by atoms with Gasteiger partial charge in [0.1, 0.15) is 6.54 Å². The summed E-state index contributed by atoms with van der Waals surface area (Å²) in [5.74, 6) is -1.13. The Hall–Kier alpha value is -4.10. The van der Waals surface area contributed by atoms with Gasteiger partial charge < -0.3 is 21.3 Å². The molecule has 7 nitrogen and oxygen atoms in total. The van der Waals surface area contributed by atoms with Crippen LogP contribution in [0.3, 0.4) is 0 Å². The van der Waals surface area contributed by atoms with E-state index in [-0.39, 0.29) is 18.4 Å². The van der Waals surface area contributed by atoms with Crippen LogP contribution in [-0.2, 0) is 14.4 Å². The minimum absolute atomic E-state index is 0.207. The highest BCUT2D eigenvalue weighted by Gasteiger charge is 2.28. The Kier molecular flexibility index (Phi) is 6.15. The maximum atomic E-state index is 12.9. The lowest BCUT2D eigenvalue weighted by Crippen LogP contribution is -2.37. The number of nitrogens with one attached hydrogen (secondary N) is 2. The zero-order valence-electron chi connectivity index (χ0n) is 17.8. The number of nitrogens with two attached hydrogens (primary N) is 1. The fourth-order valence-corrected chi connectivity index (χ4v) is 3.86. The van der Waals surface area contributed by atoms with Gasteiger partial charge in [-0.1, -0.05) is 48.0 Å². The van der Waals surface area contributed by atoms with Crippen LogP contribution in [0.25, 0.3) is 11.3 Å². The van der Waals surface area contributed by atoms with Crippen molar-refractivity contribution in [2.75, 3.05) is 22.1 Å². The summed E-state index contributed by atoms with van der Waals surface area (Å²) in [5, 5.41) is 6.75. The highest BCUT2D eigenvalue weighted by atomic mass is 35.5. The molecule has 1 aliphatic heterocycles. The first-order valence-corrected chi connectivity index (χ1v) is 10.6. The predicted octanol–water partition coefficient (Wildman–Crippen LogP) is 4.11. The molecule has 0 aromatic heterocycles. The summed E-state index contributed by atoms with van der Waals surface area (Å²) >= 11 is 6.10. The van der Waals surface area contributed by atoms with Crippen LogP contribution in [-0.4, -0.2) is 24.3 Å². The lowest BCUT2D eigenvalue weighted by atomic mass is 10.00. The molecule has 166 valence electrons. The van der Waals surface area contributed by atoms with Gasteiger partial charge in [-0.05, 0) is 42.0 Å². The van der Waals surface area contributed by atoms with E-state index in [1.807, 2.05) is 36.4 Å². The maximum Gasteiger partial charge on any atom is 0.258 e. The molecule has 3 aromatic carbocycles. The van der Waals surface area contributed by atoms with Gasteiger partial charge in [0.15, 0.2) is 0 Å². The van der Waals surface area contributed by atoms with Crippen LogP contribution in [0.15, 0.2) is 72.8 Å². The van der Waals surface area contributed by atoms with Crippen molar-refractivity contribution in [3.05, 3.63) is 88.9 Å². The molecule has 0 saturated heterocycles. The summed E-state index contributed by atoms with van der Waals surface area (Å²) in [6.45, 7) is 1.16. The number of carbonyl (C=O) groups is 3. The van der Waals surface area contributed by atoms with Crippen LogP contribution in [0.4, 0.5) is 17.1 Å². The van der Waals surface area contributed by atoms with Gasteiger partial charge in [-0.25, -0.2) is 0 Å². The first kappa shape index (κ1) is 22.1. The number of fused-ring (bicyclic) bond motifs is 1. The summed E-state index contributed by atoms with van der Waals surface area (Å²) in [6, 6.07) is 21.7. The zero-order chi connectivity index (χ0) is 23.5. The van der Waals surface area contributed by atoms with E-state index in [9.17, 15) is 14.4 Å². The van der Waals surface area contributed by atoms with Crippen LogP contribution < -0.4 is 21.3 Å². The number of hydrogen-bond acceptors (Lipinski definition) is 4. The number of halogens is 1. The Balaban J connectivity index is 1.75. The number of anilines is 3. The maximum absolute atomic E-state index is 12.9. The summed E-state index contributed by atoms with van der Waals surface area (Å²) < 4.78 is 0. The Morgan fingerprint density at radius 3 is 2.36 bits per heavy atom. The molecule has 0 spiro atoms. The average molecular weight is 461 g/mol. The topological polar surface area (TPSA) is 105 Å². The minimum atomic E-state index is -0.602. The summed E-state index contributed by atoms with van der Waals surface area (Å²) in [6.07, 6.45) is 0. The molecule has 1 aliphatic rings. The normalized spacial score (nSPS) is 13.7. The van der Waals surface area contributed by atoms with Gasteiger partial charge >= 0.3 is 0 Å². The fourth-order valence-electron chi connectivity index (χ4n) is 3.69. The predicted molar refractivity (Wildman–Crippen MR) is 131 cm³/mol. The second kappa shape index (κ2) is 9.18. The van der Waals surface area contributed by atoms with E-state index < -0.39 is 5.91 Å². The molecule has 4 rings (SSSR count). The number of carbonyl (C=O) groups excluding carboxylic acids is 3. The Morgan fingerprint density at radius 1 is 1.03 bits per heavy atom. The van der Waals surface area contributed by atoms with Gasteiger partial charge in [0.05, 0.1) is 17.0 Å². The van der Waals surface area contributed by atoms with E-state index in [1.165, 1.54) is 11.8 Å². The zero-order valence-corrected chi connectivity index (χ0v) is 18.5. The third kappa shape index (κ3) is 4.73. The lowest BCUT2D eigenvalue weighted by Gasteiger charge is -2.20. The molecule has 0 radical (unpaired) electrons. The smallest absolute Gasteiger partial charge is 0.258 e. The van der Waals surface area contributed by atoms with Crippen molar-refractivity contribution in [1.29, 1.82) is 0 Å². The van der Waals surface area contributed by atoms with Gasteiger partial charge in [0.2, 0.25) is 11.8 Å². The number of benzene rings is 3. The monoisotopic (exact) mass is 460 g/mol. The molecule has 0 atom stereocenters.